The second-order valence-electron chi connectivity index (χ2n) is 6.81. The summed E-state index contributed by atoms with van der Waals surface area (Å²) in [5.41, 5.74) is 0.999. The third kappa shape index (κ3) is 4.07. The number of halogens is 1. The first-order valence-electron chi connectivity index (χ1n) is 9.10. The van der Waals surface area contributed by atoms with Crippen molar-refractivity contribution in [2.75, 3.05) is 19.7 Å². The fraction of sp³-hybridized carbons (Fsp3) is 0.632. The Kier molecular flexibility index (Phi) is 5.72. The SMILES string of the molecule is CCOC1CCN(C(=O)N[C@H](c2ccc(F)cc2)C2CCC2)CC1. The molecule has 1 N–H and O–H groups in total. The zero-order chi connectivity index (χ0) is 16.9. The van der Waals surface area contributed by atoms with E-state index in [4.69, 9.17) is 4.74 Å². The van der Waals surface area contributed by atoms with Gasteiger partial charge in [0.05, 0.1) is 12.1 Å². The normalized spacial score (nSPS) is 20.5. The predicted molar refractivity (Wildman–Crippen MR) is 91.2 cm³/mol. The van der Waals surface area contributed by atoms with E-state index in [1.54, 1.807) is 12.1 Å². The van der Waals surface area contributed by atoms with Crippen molar-refractivity contribution < 1.29 is 13.9 Å². The first kappa shape index (κ1) is 17.2. The van der Waals surface area contributed by atoms with Gasteiger partial charge in [-0.3, -0.25) is 0 Å². The number of piperidine rings is 1. The van der Waals surface area contributed by atoms with Gasteiger partial charge in [-0.25, -0.2) is 9.18 Å². The van der Waals surface area contributed by atoms with Crippen LogP contribution in [0.2, 0.25) is 0 Å². The van der Waals surface area contributed by atoms with Gasteiger partial charge in [0.2, 0.25) is 0 Å². The van der Waals surface area contributed by atoms with Crippen LogP contribution in [0, 0.1) is 11.7 Å². The first-order valence-corrected chi connectivity index (χ1v) is 9.10. The number of carbonyl (C=O) groups is 1. The molecule has 24 heavy (non-hydrogen) atoms. The quantitative estimate of drug-likeness (QED) is 0.888. The van der Waals surface area contributed by atoms with Gasteiger partial charge in [-0.2, -0.15) is 0 Å². The van der Waals surface area contributed by atoms with Crippen LogP contribution in [0.1, 0.15) is 50.6 Å². The molecule has 132 valence electrons. The lowest BCUT2D eigenvalue weighted by molar-refractivity contribution is 0.0214. The molecule has 5 heteroatoms. The molecule has 0 spiro atoms. The molecule has 2 fully saturated rings. The van der Waals surface area contributed by atoms with Crippen LogP contribution in [0.15, 0.2) is 24.3 Å². The fourth-order valence-electron chi connectivity index (χ4n) is 3.60. The van der Waals surface area contributed by atoms with Gasteiger partial charge in [0.1, 0.15) is 5.82 Å². The molecule has 0 unspecified atom stereocenters. The molecule has 1 atom stereocenters. The number of nitrogens with one attached hydrogen (secondary N) is 1. The molecule has 1 heterocycles. The van der Waals surface area contributed by atoms with Crippen molar-refractivity contribution in [2.24, 2.45) is 5.92 Å². The summed E-state index contributed by atoms with van der Waals surface area (Å²) in [6, 6.07) is 6.50. The van der Waals surface area contributed by atoms with Crippen LogP contribution in [-0.4, -0.2) is 36.7 Å². The van der Waals surface area contributed by atoms with Crippen LogP contribution in [-0.2, 0) is 4.74 Å². The van der Waals surface area contributed by atoms with Crippen LogP contribution in [0.4, 0.5) is 9.18 Å². The Morgan fingerprint density at radius 3 is 2.46 bits per heavy atom. The smallest absolute Gasteiger partial charge is 0.317 e. The average molecular weight is 334 g/mol. The monoisotopic (exact) mass is 334 g/mol. The van der Waals surface area contributed by atoms with Gasteiger partial charge < -0.3 is 15.0 Å². The molecule has 1 aliphatic carbocycles. The third-order valence-corrected chi connectivity index (χ3v) is 5.26. The first-order chi connectivity index (χ1) is 11.7. The molecule has 3 rings (SSSR count). The van der Waals surface area contributed by atoms with Crippen LogP contribution >= 0.6 is 0 Å². The maximum atomic E-state index is 13.2. The number of likely N-dealkylation sites (tertiary alicyclic amines) is 1. The van der Waals surface area contributed by atoms with Crippen LogP contribution in [0.25, 0.3) is 0 Å². The maximum absolute atomic E-state index is 13.2. The van der Waals surface area contributed by atoms with Gasteiger partial charge in [0.15, 0.2) is 0 Å². The minimum atomic E-state index is -0.240. The molecule has 1 aliphatic heterocycles. The number of urea groups is 1. The van der Waals surface area contributed by atoms with E-state index in [0.717, 1.165) is 50.9 Å². The summed E-state index contributed by atoms with van der Waals surface area (Å²) < 4.78 is 18.8. The van der Waals surface area contributed by atoms with Gasteiger partial charge in [0, 0.05) is 19.7 Å². The largest absolute Gasteiger partial charge is 0.378 e. The Balaban J connectivity index is 1.60. The van der Waals surface area contributed by atoms with Gasteiger partial charge in [0.25, 0.3) is 0 Å². The van der Waals surface area contributed by atoms with E-state index >= 15 is 0 Å². The van der Waals surface area contributed by atoms with E-state index in [9.17, 15) is 9.18 Å². The van der Waals surface area contributed by atoms with E-state index in [-0.39, 0.29) is 24.0 Å². The molecule has 0 radical (unpaired) electrons. The van der Waals surface area contributed by atoms with Crippen molar-refractivity contribution in [1.82, 2.24) is 10.2 Å². The summed E-state index contributed by atoms with van der Waals surface area (Å²) in [6.07, 6.45) is 5.51. The van der Waals surface area contributed by atoms with E-state index in [2.05, 4.69) is 5.32 Å². The van der Waals surface area contributed by atoms with Gasteiger partial charge in [-0.1, -0.05) is 18.6 Å². The highest BCUT2D eigenvalue weighted by Crippen LogP contribution is 2.38. The van der Waals surface area contributed by atoms with Crippen molar-refractivity contribution in [3.05, 3.63) is 35.6 Å². The summed E-state index contributed by atoms with van der Waals surface area (Å²) in [5.74, 6) is 0.218. The molecular weight excluding hydrogens is 307 g/mol. The lowest BCUT2D eigenvalue weighted by Crippen LogP contribution is -2.48. The number of hydrogen-bond donors (Lipinski definition) is 1. The summed E-state index contributed by atoms with van der Waals surface area (Å²) >= 11 is 0. The third-order valence-electron chi connectivity index (χ3n) is 5.26. The van der Waals surface area contributed by atoms with Crippen molar-refractivity contribution in [1.29, 1.82) is 0 Å². The topological polar surface area (TPSA) is 41.6 Å². The molecule has 1 aromatic carbocycles. The van der Waals surface area contributed by atoms with E-state index in [1.807, 2.05) is 11.8 Å². The van der Waals surface area contributed by atoms with Gasteiger partial charge in [-0.05, 0) is 56.2 Å². The van der Waals surface area contributed by atoms with Gasteiger partial charge in [-0.15, -0.1) is 0 Å². The number of nitrogens with zero attached hydrogens (tertiary/aromatic N) is 1. The molecule has 0 bridgehead atoms. The molecule has 1 saturated heterocycles. The summed E-state index contributed by atoms with van der Waals surface area (Å²) in [7, 11) is 0. The highest BCUT2D eigenvalue weighted by molar-refractivity contribution is 5.75. The highest BCUT2D eigenvalue weighted by Gasteiger charge is 2.32. The Bertz CT molecular complexity index is 537. The number of benzene rings is 1. The fourth-order valence-corrected chi connectivity index (χ4v) is 3.60. The Morgan fingerprint density at radius 2 is 1.92 bits per heavy atom. The van der Waals surface area contributed by atoms with Gasteiger partial charge >= 0.3 is 6.03 Å². The van der Waals surface area contributed by atoms with Crippen molar-refractivity contribution in [2.45, 2.75) is 51.2 Å². The van der Waals surface area contributed by atoms with Crippen molar-refractivity contribution in [3.8, 4) is 0 Å². The van der Waals surface area contributed by atoms with Crippen LogP contribution < -0.4 is 5.32 Å². The highest BCUT2D eigenvalue weighted by atomic mass is 19.1. The molecule has 2 aliphatic rings. The van der Waals surface area contributed by atoms with Crippen molar-refractivity contribution in [3.63, 3.8) is 0 Å². The molecular formula is C19H27FN2O2. The Morgan fingerprint density at radius 1 is 1.25 bits per heavy atom. The second kappa shape index (κ2) is 7.97. The number of ether oxygens (including phenoxy) is 1. The standard InChI is InChI=1S/C19H27FN2O2/c1-2-24-17-10-12-22(13-11-17)19(23)21-18(14-4-3-5-14)15-6-8-16(20)9-7-15/h6-9,14,17-18H,2-5,10-13H2,1H3,(H,21,23)/t18-/m0/s1. The summed E-state index contributed by atoms with van der Waals surface area (Å²) in [6.45, 7) is 4.20. The lowest BCUT2D eigenvalue weighted by Gasteiger charge is -2.37. The van der Waals surface area contributed by atoms with Crippen LogP contribution in [0.5, 0.6) is 0 Å². The van der Waals surface area contributed by atoms with E-state index in [0.29, 0.717) is 5.92 Å². The zero-order valence-corrected chi connectivity index (χ0v) is 14.3. The minimum absolute atomic E-state index is 0.00817. The summed E-state index contributed by atoms with van der Waals surface area (Å²) in [5, 5.41) is 3.19. The Labute approximate surface area is 143 Å². The van der Waals surface area contributed by atoms with E-state index < -0.39 is 0 Å². The second-order valence-corrected chi connectivity index (χ2v) is 6.81. The van der Waals surface area contributed by atoms with Crippen LogP contribution in [0.3, 0.4) is 0 Å². The minimum Gasteiger partial charge on any atom is -0.378 e. The molecule has 1 aromatic rings. The van der Waals surface area contributed by atoms with Crippen molar-refractivity contribution >= 4 is 6.03 Å². The molecule has 0 aromatic heterocycles. The average Bonchev–Trinajstić information content (AvgIpc) is 2.54. The number of hydrogen-bond acceptors (Lipinski definition) is 2. The lowest BCUT2D eigenvalue weighted by atomic mass is 9.77. The predicted octanol–water partition coefficient (Wildman–Crippen LogP) is 3.88. The molecule has 2 amide bonds. The van der Waals surface area contributed by atoms with E-state index in [1.165, 1.54) is 18.6 Å². The summed E-state index contributed by atoms with van der Waals surface area (Å²) in [4.78, 5) is 14.5. The number of carbonyl (C=O) groups excluding carboxylic acids is 1. The molecule has 1 saturated carbocycles. The Hall–Kier alpha value is -1.62. The number of amides is 2. The zero-order valence-electron chi connectivity index (χ0n) is 14.3. The molecule has 4 nitrogen and oxygen atoms in total. The number of rotatable bonds is 5. The maximum Gasteiger partial charge on any atom is 0.317 e.